The lowest BCUT2D eigenvalue weighted by atomic mass is 10.1. The lowest BCUT2D eigenvalue weighted by Crippen LogP contribution is -1.95. The van der Waals surface area contributed by atoms with E-state index in [2.05, 4.69) is 43.1 Å². The van der Waals surface area contributed by atoms with Gasteiger partial charge in [-0.05, 0) is 49.3 Å². The topological polar surface area (TPSA) is 12.0 Å². The van der Waals surface area contributed by atoms with E-state index < -0.39 is 0 Å². The Kier molecular flexibility index (Phi) is 2.26. The number of rotatable bonds is 2. The van der Waals surface area contributed by atoms with Crippen LogP contribution >= 0.6 is 0 Å². The lowest BCUT2D eigenvalue weighted by molar-refractivity contribution is 1.36. The fourth-order valence-electron chi connectivity index (χ4n) is 1.61. The van der Waals surface area contributed by atoms with Gasteiger partial charge in [0, 0.05) is 5.69 Å². The largest absolute Gasteiger partial charge is 0.349 e. The minimum atomic E-state index is 1.02. The summed E-state index contributed by atoms with van der Waals surface area (Å²) in [5, 5.41) is 3.31. The van der Waals surface area contributed by atoms with Crippen molar-refractivity contribution in [1.29, 1.82) is 0 Å². The summed E-state index contributed by atoms with van der Waals surface area (Å²) in [5.74, 6) is 0. The Balaban J connectivity index is 2.25. The van der Waals surface area contributed by atoms with Gasteiger partial charge in [-0.3, -0.25) is 0 Å². The quantitative estimate of drug-likeness (QED) is 0.693. The van der Waals surface area contributed by atoms with Gasteiger partial charge in [0.05, 0.1) is 5.70 Å². The molecule has 0 heterocycles. The first-order valence-corrected chi connectivity index (χ1v) is 4.73. The van der Waals surface area contributed by atoms with Crippen molar-refractivity contribution < 1.29 is 0 Å². The summed E-state index contributed by atoms with van der Waals surface area (Å²) < 4.78 is 0. The Hall–Kier alpha value is -1.72. The number of allylic oxidation sites excluding steroid dienone is 2. The highest BCUT2D eigenvalue weighted by Crippen LogP contribution is 2.16. The highest BCUT2D eigenvalue weighted by molar-refractivity contribution is 5.55. The van der Waals surface area contributed by atoms with Crippen LogP contribution in [0.5, 0.6) is 0 Å². The molecule has 2 rings (SSSR count). The van der Waals surface area contributed by atoms with Crippen molar-refractivity contribution in [2.45, 2.75) is 13.8 Å². The molecule has 0 aromatic heterocycles. The standard InChI is InChI=1S/C13H13N/c1-10-7-11(2)9-13(8-10)14-12-5-3-4-6-12/h3-5,7-9,14H,1-2H3. The molecular formula is C13H13N. The number of hydrogen-bond acceptors (Lipinski definition) is 1. The van der Waals surface area contributed by atoms with Crippen LogP contribution < -0.4 is 5.32 Å². The molecule has 1 heteroatoms. The predicted octanol–water partition coefficient (Wildman–Crippen LogP) is 3.32. The van der Waals surface area contributed by atoms with Gasteiger partial charge in [0.15, 0.2) is 0 Å². The second-order valence-corrected chi connectivity index (χ2v) is 3.59. The van der Waals surface area contributed by atoms with Crippen LogP contribution in [0.25, 0.3) is 0 Å². The fourth-order valence-corrected chi connectivity index (χ4v) is 1.61. The highest BCUT2D eigenvalue weighted by Gasteiger charge is 1.97. The fraction of sp³-hybridized carbons (Fsp3) is 0.154. The van der Waals surface area contributed by atoms with Gasteiger partial charge in [-0.1, -0.05) is 17.9 Å². The summed E-state index contributed by atoms with van der Waals surface area (Å²) >= 11 is 0. The number of nitrogens with one attached hydrogen (secondary N) is 1. The Morgan fingerprint density at radius 1 is 1.07 bits per heavy atom. The normalized spacial score (nSPS) is 13.1. The maximum absolute atomic E-state index is 3.31. The third kappa shape index (κ3) is 1.95. The molecule has 1 aromatic rings. The van der Waals surface area contributed by atoms with Crippen molar-refractivity contribution in [3.05, 3.63) is 59.0 Å². The molecule has 0 saturated carbocycles. The number of anilines is 1. The number of aryl methyl sites for hydroxylation is 2. The second kappa shape index (κ2) is 3.57. The van der Waals surface area contributed by atoms with Crippen LogP contribution in [0.15, 0.2) is 47.9 Å². The minimum absolute atomic E-state index is 1.02. The third-order valence-corrected chi connectivity index (χ3v) is 2.10. The molecule has 1 aliphatic carbocycles. The van der Waals surface area contributed by atoms with Crippen molar-refractivity contribution in [3.63, 3.8) is 0 Å². The molecule has 1 N–H and O–H groups in total. The first kappa shape index (κ1) is 8.86. The zero-order valence-corrected chi connectivity index (χ0v) is 8.46. The third-order valence-electron chi connectivity index (χ3n) is 2.10. The molecule has 0 bridgehead atoms. The van der Waals surface area contributed by atoms with E-state index in [9.17, 15) is 0 Å². The molecule has 0 atom stereocenters. The lowest BCUT2D eigenvalue weighted by Gasteiger charge is -2.06. The molecule has 0 radical (unpaired) electrons. The molecular weight excluding hydrogens is 170 g/mol. The van der Waals surface area contributed by atoms with Crippen molar-refractivity contribution >= 4 is 5.69 Å². The van der Waals surface area contributed by atoms with Gasteiger partial charge in [-0.2, -0.15) is 0 Å². The van der Waals surface area contributed by atoms with E-state index in [4.69, 9.17) is 0 Å². The zero-order valence-electron chi connectivity index (χ0n) is 8.46. The van der Waals surface area contributed by atoms with Gasteiger partial charge in [-0.15, -0.1) is 0 Å². The summed E-state index contributed by atoms with van der Waals surface area (Å²) in [4.78, 5) is 0. The SMILES string of the molecule is Cc1cc(C)cc(NC2=C=CC=C2)c1. The number of hydrogen-bond donors (Lipinski definition) is 1. The smallest absolute Gasteiger partial charge is 0.0817 e. The van der Waals surface area contributed by atoms with Crippen molar-refractivity contribution in [1.82, 2.24) is 0 Å². The molecule has 0 aliphatic heterocycles. The molecule has 0 saturated heterocycles. The maximum Gasteiger partial charge on any atom is 0.0817 e. The summed E-state index contributed by atoms with van der Waals surface area (Å²) in [5.41, 5.74) is 7.82. The van der Waals surface area contributed by atoms with E-state index in [0.29, 0.717) is 0 Å². The maximum atomic E-state index is 3.31. The number of benzene rings is 1. The Bertz CT molecular complexity index is 426. The average Bonchev–Trinajstić information content (AvgIpc) is 2.54. The Morgan fingerprint density at radius 3 is 2.36 bits per heavy atom. The molecule has 0 spiro atoms. The molecule has 1 nitrogen and oxygen atoms in total. The van der Waals surface area contributed by atoms with E-state index in [-0.39, 0.29) is 0 Å². The van der Waals surface area contributed by atoms with Crippen LogP contribution in [-0.4, -0.2) is 0 Å². The molecule has 1 aromatic carbocycles. The van der Waals surface area contributed by atoms with E-state index in [0.717, 1.165) is 11.4 Å². The van der Waals surface area contributed by atoms with Gasteiger partial charge in [-0.25, -0.2) is 0 Å². The predicted molar refractivity (Wildman–Crippen MR) is 60.3 cm³/mol. The Morgan fingerprint density at radius 2 is 1.79 bits per heavy atom. The summed E-state index contributed by atoms with van der Waals surface area (Å²) in [6, 6.07) is 6.43. The van der Waals surface area contributed by atoms with Gasteiger partial charge in [0.1, 0.15) is 0 Å². The van der Waals surface area contributed by atoms with E-state index >= 15 is 0 Å². The highest BCUT2D eigenvalue weighted by atomic mass is 14.9. The second-order valence-electron chi connectivity index (χ2n) is 3.59. The summed E-state index contributed by atoms with van der Waals surface area (Å²) in [6.07, 6.45) is 5.90. The van der Waals surface area contributed by atoms with Gasteiger partial charge < -0.3 is 5.32 Å². The van der Waals surface area contributed by atoms with E-state index in [1.165, 1.54) is 11.1 Å². The zero-order chi connectivity index (χ0) is 9.97. The van der Waals surface area contributed by atoms with Gasteiger partial charge in [0.2, 0.25) is 0 Å². The van der Waals surface area contributed by atoms with Crippen molar-refractivity contribution in [3.8, 4) is 0 Å². The molecule has 0 amide bonds. The molecule has 14 heavy (non-hydrogen) atoms. The van der Waals surface area contributed by atoms with E-state index in [1.54, 1.807) is 0 Å². The molecule has 0 unspecified atom stereocenters. The first-order valence-electron chi connectivity index (χ1n) is 4.73. The van der Waals surface area contributed by atoms with Gasteiger partial charge in [0.25, 0.3) is 0 Å². The van der Waals surface area contributed by atoms with Crippen LogP contribution in [0.1, 0.15) is 11.1 Å². The summed E-state index contributed by atoms with van der Waals surface area (Å²) in [6.45, 7) is 4.21. The van der Waals surface area contributed by atoms with Crippen LogP contribution in [0.2, 0.25) is 0 Å². The Labute approximate surface area is 84.5 Å². The van der Waals surface area contributed by atoms with Crippen LogP contribution in [0, 0.1) is 13.8 Å². The van der Waals surface area contributed by atoms with Crippen molar-refractivity contribution in [2.75, 3.05) is 5.32 Å². The average molecular weight is 183 g/mol. The molecule has 70 valence electrons. The summed E-state index contributed by atoms with van der Waals surface area (Å²) in [7, 11) is 0. The van der Waals surface area contributed by atoms with Gasteiger partial charge >= 0.3 is 0 Å². The van der Waals surface area contributed by atoms with Crippen molar-refractivity contribution in [2.24, 2.45) is 0 Å². The van der Waals surface area contributed by atoms with Crippen LogP contribution in [0.3, 0.4) is 0 Å². The monoisotopic (exact) mass is 183 g/mol. The van der Waals surface area contributed by atoms with Crippen LogP contribution in [0.4, 0.5) is 5.69 Å². The first-order chi connectivity index (χ1) is 6.74. The molecule has 0 fully saturated rings. The van der Waals surface area contributed by atoms with Crippen LogP contribution in [-0.2, 0) is 0 Å². The molecule has 1 aliphatic rings. The minimum Gasteiger partial charge on any atom is -0.349 e. The van der Waals surface area contributed by atoms with E-state index in [1.807, 2.05) is 18.2 Å².